The highest BCUT2D eigenvalue weighted by Gasteiger charge is 2.39. The van der Waals surface area contributed by atoms with Crippen LogP contribution in [0.1, 0.15) is 0 Å². The average molecular weight is 891 g/mol. The van der Waals surface area contributed by atoms with E-state index in [4.69, 9.17) is 0 Å². The van der Waals surface area contributed by atoms with Gasteiger partial charge >= 0.3 is 0 Å². The second kappa shape index (κ2) is 14.1. The fourth-order valence-corrected chi connectivity index (χ4v) is 15.0. The van der Waals surface area contributed by atoms with Gasteiger partial charge in [0.2, 0.25) is 6.71 Å². The van der Waals surface area contributed by atoms with E-state index in [9.17, 15) is 0 Å². The summed E-state index contributed by atoms with van der Waals surface area (Å²) in [6.45, 7) is 0.123. The quantitative estimate of drug-likeness (QED) is 0.163. The molecule has 0 fully saturated rings. The molecule has 0 saturated carbocycles. The van der Waals surface area contributed by atoms with Gasteiger partial charge in [0.05, 0.1) is 22.1 Å². The van der Waals surface area contributed by atoms with Gasteiger partial charge in [-0.25, -0.2) is 0 Å². The van der Waals surface area contributed by atoms with Crippen LogP contribution in [0.3, 0.4) is 0 Å². The molecule has 0 amide bonds. The van der Waals surface area contributed by atoms with Crippen molar-refractivity contribution in [3.63, 3.8) is 0 Å². The maximum absolute atomic E-state index is 2.62. The molecule has 5 heterocycles. The minimum Gasteiger partial charge on any atom is -0.308 e. The fraction of sp³-hybridized carbons (Fsp3) is 0. The third kappa shape index (κ3) is 5.23. The first kappa shape index (κ1) is 37.1. The maximum atomic E-state index is 2.62. The molecule has 10 aromatic carbocycles. The summed E-state index contributed by atoms with van der Waals surface area (Å²) in [7, 11) is 0. The van der Waals surface area contributed by atoms with Crippen LogP contribution in [0.4, 0.5) is 0 Å². The Morgan fingerprint density at radius 3 is 1.41 bits per heavy atom. The lowest BCUT2D eigenvalue weighted by Crippen LogP contribution is -2.58. The van der Waals surface area contributed by atoms with E-state index in [1.165, 1.54) is 133 Å². The van der Waals surface area contributed by atoms with E-state index in [2.05, 4.69) is 221 Å². The van der Waals surface area contributed by atoms with Gasteiger partial charge in [0.1, 0.15) is 0 Å². The van der Waals surface area contributed by atoms with E-state index in [0.717, 1.165) is 0 Å². The summed E-state index contributed by atoms with van der Waals surface area (Å²) in [5, 5.41) is 7.79. The largest absolute Gasteiger partial charge is 0.308 e. The molecule has 0 spiro atoms. The molecule has 0 saturated heterocycles. The van der Waals surface area contributed by atoms with E-state index in [-0.39, 0.29) is 6.71 Å². The van der Waals surface area contributed by atoms with Crippen molar-refractivity contribution < 1.29 is 0 Å². The molecule has 0 N–H and O–H groups in total. The molecule has 2 aliphatic heterocycles. The third-order valence-corrected chi connectivity index (χ3v) is 17.4. The summed E-state index contributed by atoms with van der Waals surface area (Å²) in [6.07, 6.45) is 0. The van der Waals surface area contributed by atoms with Gasteiger partial charge in [-0.3, -0.25) is 0 Å². The Labute approximate surface area is 393 Å². The molecule has 2 nitrogen and oxygen atoms in total. The van der Waals surface area contributed by atoms with Gasteiger partial charge in [-0.2, -0.15) is 0 Å². The van der Waals surface area contributed by atoms with Crippen LogP contribution in [0.5, 0.6) is 0 Å². The van der Waals surface area contributed by atoms with E-state index >= 15 is 0 Å². The van der Waals surface area contributed by atoms with Gasteiger partial charge in [0.15, 0.2) is 0 Å². The van der Waals surface area contributed by atoms with Crippen LogP contribution < -0.4 is 16.4 Å². The number of para-hydroxylation sites is 3. The number of aromatic nitrogens is 2. The number of nitrogens with zero attached hydrogens (tertiary/aromatic N) is 2. The van der Waals surface area contributed by atoms with E-state index < -0.39 is 0 Å². The standard InChI is InChI=1S/C60H35BN2S3/c1-4-16-36(17-5-1)38-28-30-45-50(32-38)64-52-34-41(35-53-57(52)61(45)46-31-29-39(33-51(46)65-53)37-18-6-2-7-19-37)63-48-26-14-11-23-43(48)55-58(63)54-42-22-10-13-25-47(42)62(40-20-8-3-9-21-40)59(54)56-44-24-12-15-27-49(44)66-60(55)56/h1-35H. The van der Waals surface area contributed by atoms with Gasteiger partial charge in [-0.05, 0) is 82.3 Å². The summed E-state index contributed by atoms with van der Waals surface area (Å²) in [4.78, 5) is 5.30. The maximum Gasteiger partial charge on any atom is 0.247 e. The summed E-state index contributed by atoms with van der Waals surface area (Å²) in [6, 6.07) is 79.2. The van der Waals surface area contributed by atoms with Crippen molar-refractivity contribution in [3.8, 4) is 33.6 Å². The second-order valence-corrected chi connectivity index (χ2v) is 20.7. The molecule has 0 radical (unpaired) electrons. The highest BCUT2D eigenvalue weighted by atomic mass is 32.2. The van der Waals surface area contributed by atoms with Gasteiger partial charge in [0.25, 0.3) is 0 Å². The first-order chi connectivity index (χ1) is 32.7. The van der Waals surface area contributed by atoms with Crippen LogP contribution in [0.15, 0.2) is 232 Å². The molecule has 13 aromatic rings. The van der Waals surface area contributed by atoms with E-state index in [1.54, 1.807) is 0 Å². The monoisotopic (exact) mass is 890 g/mol. The summed E-state index contributed by atoms with van der Waals surface area (Å²) >= 11 is 5.81. The minimum absolute atomic E-state index is 0.123. The Kier molecular flexibility index (Phi) is 7.94. The van der Waals surface area contributed by atoms with Crippen LogP contribution in [0.25, 0.3) is 97.4 Å². The van der Waals surface area contributed by atoms with Crippen molar-refractivity contribution in [3.05, 3.63) is 212 Å². The number of thiophene rings is 1. The van der Waals surface area contributed by atoms with Gasteiger partial charge in [-0.1, -0.05) is 192 Å². The fourth-order valence-electron chi connectivity index (χ4n) is 11.2. The smallest absolute Gasteiger partial charge is 0.247 e. The molecule has 306 valence electrons. The molecule has 2 aliphatic rings. The lowest BCUT2D eigenvalue weighted by Gasteiger charge is -2.34. The van der Waals surface area contributed by atoms with Crippen molar-refractivity contribution in [2.45, 2.75) is 19.6 Å². The summed E-state index contributed by atoms with van der Waals surface area (Å²) < 4.78 is 7.80. The van der Waals surface area contributed by atoms with Crippen LogP contribution in [-0.2, 0) is 0 Å². The molecule has 0 unspecified atom stereocenters. The molecule has 0 bridgehead atoms. The van der Waals surface area contributed by atoms with Crippen molar-refractivity contribution in [2.24, 2.45) is 0 Å². The Bertz CT molecular complexity index is 4050. The topological polar surface area (TPSA) is 9.86 Å². The first-order valence-corrected chi connectivity index (χ1v) is 25.0. The van der Waals surface area contributed by atoms with Crippen LogP contribution >= 0.6 is 34.9 Å². The zero-order chi connectivity index (χ0) is 43.0. The SMILES string of the molecule is c1ccc(-c2ccc3c(c2)Sc2cc(-n4c5ccccc5c5c6sc7ccccc7c6c6c(c7ccccc7n6-c6ccccc6)c54)cc4c2B3c2ccc(-c3ccccc3)cc2S4)cc1. The molecule has 6 heteroatoms. The minimum atomic E-state index is 0.123. The number of hydrogen-bond donors (Lipinski definition) is 0. The van der Waals surface area contributed by atoms with E-state index in [0.29, 0.717) is 0 Å². The Hall–Kier alpha value is -7.22. The summed E-state index contributed by atoms with van der Waals surface area (Å²) in [5.74, 6) is 0. The van der Waals surface area contributed by atoms with Gasteiger partial charge in [-0.15, -0.1) is 11.3 Å². The molecule has 3 aromatic heterocycles. The molecular formula is C60H35BN2S3. The highest BCUT2D eigenvalue weighted by Crippen LogP contribution is 2.52. The first-order valence-electron chi connectivity index (χ1n) is 22.5. The average Bonchev–Trinajstić information content (AvgIpc) is 4.05. The van der Waals surface area contributed by atoms with Gasteiger partial charge < -0.3 is 9.13 Å². The molecule has 0 atom stereocenters. The highest BCUT2D eigenvalue weighted by molar-refractivity contribution is 8.01. The predicted octanol–water partition coefficient (Wildman–Crippen LogP) is 15.0. The van der Waals surface area contributed by atoms with Crippen molar-refractivity contribution in [1.29, 1.82) is 0 Å². The van der Waals surface area contributed by atoms with E-state index in [1.807, 2.05) is 34.9 Å². The molecule has 66 heavy (non-hydrogen) atoms. The van der Waals surface area contributed by atoms with Crippen LogP contribution in [0.2, 0.25) is 0 Å². The van der Waals surface area contributed by atoms with Crippen molar-refractivity contribution in [1.82, 2.24) is 9.13 Å². The number of rotatable bonds is 4. The zero-order valence-electron chi connectivity index (χ0n) is 35.4. The van der Waals surface area contributed by atoms with Crippen molar-refractivity contribution >= 4 is 122 Å². The number of fused-ring (bicyclic) bond motifs is 16. The van der Waals surface area contributed by atoms with Crippen molar-refractivity contribution in [2.75, 3.05) is 0 Å². The normalized spacial score (nSPS) is 13.0. The lowest BCUT2D eigenvalue weighted by atomic mass is 9.36. The molecular weight excluding hydrogens is 856 g/mol. The third-order valence-electron chi connectivity index (χ3n) is 14.0. The second-order valence-electron chi connectivity index (χ2n) is 17.5. The van der Waals surface area contributed by atoms with Gasteiger partial charge in [0, 0.05) is 72.7 Å². The molecule has 15 rings (SSSR count). The number of benzene rings is 10. The Morgan fingerprint density at radius 2 is 0.818 bits per heavy atom. The lowest BCUT2D eigenvalue weighted by molar-refractivity contribution is 1.15. The predicted molar refractivity (Wildman–Crippen MR) is 285 cm³/mol. The zero-order valence-corrected chi connectivity index (χ0v) is 37.9. The Morgan fingerprint density at radius 1 is 0.348 bits per heavy atom. The Balaban J connectivity index is 1.07. The van der Waals surface area contributed by atoms with Crippen LogP contribution in [-0.4, -0.2) is 15.8 Å². The number of hydrogen-bond acceptors (Lipinski definition) is 3. The summed E-state index contributed by atoms with van der Waals surface area (Å²) in [5.41, 5.74) is 16.5. The molecule has 0 aliphatic carbocycles. The van der Waals surface area contributed by atoms with Crippen LogP contribution in [0, 0.1) is 0 Å².